The number of nitrogens with zero attached hydrogens (tertiary/aromatic N) is 4. The predicted molar refractivity (Wildman–Crippen MR) is 100 cm³/mol. The summed E-state index contributed by atoms with van der Waals surface area (Å²) in [5, 5.41) is 4.52. The third-order valence-electron chi connectivity index (χ3n) is 4.06. The van der Waals surface area contributed by atoms with Crippen molar-refractivity contribution in [2.24, 2.45) is 0 Å². The molecule has 136 valence electrons. The molecule has 0 unspecified atom stereocenters. The first-order chi connectivity index (χ1) is 12.6. The van der Waals surface area contributed by atoms with Gasteiger partial charge in [-0.15, -0.1) is 5.10 Å². The van der Waals surface area contributed by atoms with Crippen molar-refractivity contribution in [3.8, 4) is 17.3 Å². The van der Waals surface area contributed by atoms with Crippen LogP contribution in [0.2, 0.25) is 0 Å². The zero-order valence-corrected chi connectivity index (χ0v) is 15.5. The summed E-state index contributed by atoms with van der Waals surface area (Å²) in [6.07, 6.45) is 3.39. The van der Waals surface area contributed by atoms with Crippen LogP contribution in [-0.2, 0) is 0 Å². The van der Waals surface area contributed by atoms with Crippen molar-refractivity contribution in [1.29, 1.82) is 0 Å². The summed E-state index contributed by atoms with van der Waals surface area (Å²) in [5.41, 5.74) is 1.95. The molecule has 1 aromatic carbocycles. The molecular formula is C20H24N4O2. The van der Waals surface area contributed by atoms with Gasteiger partial charge in [-0.05, 0) is 49.6 Å². The van der Waals surface area contributed by atoms with Gasteiger partial charge in [0, 0.05) is 13.1 Å². The minimum Gasteiger partial charge on any atom is -0.461 e. The summed E-state index contributed by atoms with van der Waals surface area (Å²) >= 11 is 0. The van der Waals surface area contributed by atoms with Crippen molar-refractivity contribution in [2.45, 2.75) is 33.6 Å². The lowest BCUT2D eigenvalue weighted by atomic mass is 10.2. The fourth-order valence-corrected chi connectivity index (χ4v) is 2.90. The van der Waals surface area contributed by atoms with Gasteiger partial charge in [0.15, 0.2) is 11.6 Å². The standard InChI is InChI=1S/C20H24N4O2/c1-4-11-23(12-5-2)20(25)18-21-19(17-10-7-13-26-17)24(22-18)16-9-6-8-15(3)14-16/h6-10,13-14H,4-5,11-12H2,1-3H3. The van der Waals surface area contributed by atoms with Crippen LogP contribution >= 0.6 is 0 Å². The normalized spacial score (nSPS) is 10.9. The second-order valence-electron chi connectivity index (χ2n) is 6.28. The van der Waals surface area contributed by atoms with E-state index in [2.05, 4.69) is 23.9 Å². The maximum absolute atomic E-state index is 12.9. The van der Waals surface area contributed by atoms with E-state index in [1.54, 1.807) is 17.0 Å². The Kier molecular flexibility index (Phi) is 5.51. The van der Waals surface area contributed by atoms with E-state index in [-0.39, 0.29) is 11.7 Å². The number of amides is 1. The van der Waals surface area contributed by atoms with Gasteiger partial charge < -0.3 is 9.32 Å². The number of carbonyl (C=O) groups is 1. The van der Waals surface area contributed by atoms with Crippen LogP contribution in [0.1, 0.15) is 42.9 Å². The molecule has 0 fully saturated rings. The van der Waals surface area contributed by atoms with E-state index in [1.165, 1.54) is 0 Å². The Labute approximate surface area is 153 Å². The largest absolute Gasteiger partial charge is 0.461 e. The molecule has 0 aliphatic rings. The van der Waals surface area contributed by atoms with Crippen molar-refractivity contribution in [1.82, 2.24) is 19.7 Å². The predicted octanol–water partition coefficient (Wildman–Crippen LogP) is 4.10. The number of carbonyl (C=O) groups excluding carboxylic acids is 1. The molecule has 1 amide bonds. The fraction of sp³-hybridized carbons (Fsp3) is 0.350. The number of rotatable bonds is 7. The number of furan rings is 1. The van der Waals surface area contributed by atoms with Crippen LogP contribution in [0.4, 0.5) is 0 Å². The molecule has 0 aliphatic carbocycles. The third-order valence-corrected chi connectivity index (χ3v) is 4.06. The monoisotopic (exact) mass is 352 g/mol. The first-order valence-corrected chi connectivity index (χ1v) is 9.01. The van der Waals surface area contributed by atoms with Crippen LogP contribution in [0.5, 0.6) is 0 Å². The van der Waals surface area contributed by atoms with Crippen LogP contribution in [-0.4, -0.2) is 38.7 Å². The van der Waals surface area contributed by atoms with Crippen molar-refractivity contribution in [2.75, 3.05) is 13.1 Å². The molecule has 0 saturated carbocycles. The molecule has 2 heterocycles. The number of benzene rings is 1. The highest BCUT2D eigenvalue weighted by atomic mass is 16.3. The van der Waals surface area contributed by atoms with E-state index in [1.807, 2.05) is 42.2 Å². The highest BCUT2D eigenvalue weighted by molar-refractivity contribution is 5.91. The summed E-state index contributed by atoms with van der Waals surface area (Å²) in [5.74, 6) is 1.15. The van der Waals surface area contributed by atoms with Crippen LogP contribution in [0.15, 0.2) is 47.1 Å². The average Bonchev–Trinajstić information content (AvgIpc) is 3.30. The summed E-state index contributed by atoms with van der Waals surface area (Å²) < 4.78 is 7.19. The molecule has 0 radical (unpaired) electrons. The van der Waals surface area contributed by atoms with Gasteiger partial charge >= 0.3 is 0 Å². The quantitative estimate of drug-likeness (QED) is 0.642. The average molecular weight is 352 g/mol. The highest BCUT2D eigenvalue weighted by Crippen LogP contribution is 2.22. The Morgan fingerprint density at radius 1 is 1.15 bits per heavy atom. The van der Waals surface area contributed by atoms with Gasteiger partial charge in [-0.2, -0.15) is 4.98 Å². The van der Waals surface area contributed by atoms with Gasteiger partial charge in [-0.3, -0.25) is 4.79 Å². The zero-order chi connectivity index (χ0) is 18.5. The molecule has 6 nitrogen and oxygen atoms in total. The molecule has 0 spiro atoms. The molecule has 3 rings (SSSR count). The lowest BCUT2D eigenvalue weighted by Gasteiger charge is -2.19. The van der Waals surface area contributed by atoms with E-state index in [4.69, 9.17) is 4.42 Å². The summed E-state index contributed by atoms with van der Waals surface area (Å²) in [4.78, 5) is 19.2. The molecule has 0 atom stereocenters. The van der Waals surface area contributed by atoms with Crippen molar-refractivity contribution in [3.63, 3.8) is 0 Å². The Bertz CT molecular complexity index is 862. The van der Waals surface area contributed by atoms with Crippen molar-refractivity contribution in [3.05, 3.63) is 54.0 Å². The zero-order valence-electron chi connectivity index (χ0n) is 15.5. The Morgan fingerprint density at radius 3 is 2.54 bits per heavy atom. The molecule has 2 aromatic heterocycles. The molecule has 0 saturated heterocycles. The highest BCUT2D eigenvalue weighted by Gasteiger charge is 2.23. The van der Waals surface area contributed by atoms with E-state index in [0.717, 1.165) is 24.1 Å². The van der Waals surface area contributed by atoms with Gasteiger partial charge in [-0.1, -0.05) is 26.0 Å². The lowest BCUT2D eigenvalue weighted by molar-refractivity contribution is 0.0743. The Hall–Kier alpha value is -2.89. The maximum atomic E-state index is 12.9. The summed E-state index contributed by atoms with van der Waals surface area (Å²) in [6.45, 7) is 7.53. The van der Waals surface area contributed by atoms with E-state index in [9.17, 15) is 4.79 Å². The minimum absolute atomic E-state index is 0.145. The number of aromatic nitrogens is 3. The SMILES string of the molecule is CCCN(CCC)C(=O)c1nc(-c2ccco2)n(-c2cccc(C)c2)n1. The second-order valence-corrected chi connectivity index (χ2v) is 6.28. The van der Waals surface area contributed by atoms with Gasteiger partial charge in [-0.25, -0.2) is 4.68 Å². The number of aryl methyl sites for hydroxylation is 1. The van der Waals surface area contributed by atoms with Crippen LogP contribution in [0.3, 0.4) is 0 Å². The topological polar surface area (TPSA) is 64.2 Å². The summed E-state index contributed by atoms with van der Waals surface area (Å²) in [7, 11) is 0. The van der Waals surface area contributed by atoms with Gasteiger partial charge in [0.2, 0.25) is 5.82 Å². The first-order valence-electron chi connectivity index (χ1n) is 9.01. The fourth-order valence-electron chi connectivity index (χ4n) is 2.90. The van der Waals surface area contributed by atoms with E-state index >= 15 is 0 Å². The molecule has 26 heavy (non-hydrogen) atoms. The van der Waals surface area contributed by atoms with E-state index < -0.39 is 0 Å². The molecular weight excluding hydrogens is 328 g/mol. The summed E-state index contributed by atoms with van der Waals surface area (Å²) in [6, 6.07) is 11.5. The molecule has 0 bridgehead atoms. The number of hydrogen-bond donors (Lipinski definition) is 0. The van der Waals surface area contributed by atoms with Gasteiger partial charge in [0.25, 0.3) is 5.91 Å². The van der Waals surface area contributed by atoms with Crippen molar-refractivity contribution >= 4 is 5.91 Å². The minimum atomic E-state index is -0.145. The maximum Gasteiger partial charge on any atom is 0.293 e. The van der Waals surface area contributed by atoms with Crippen LogP contribution in [0.25, 0.3) is 17.3 Å². The Balaban J connectivity index is 2.05. The molecule has 6 heteroatoms. The Morgan fingerprint density at radius 2 is 1.92 bits per heavy atom. The first kappa shape index (κ1) is 17.9. The third kappa shape index (κ3) is 3.69. The van der Waals surface area contributed by atoms with Gasteiger partial charge in [0.05, 0.1) is 12.0 Å². The van der Waals surface area contributed by atoms with Crippen LogP contribution < -0.4 is 0 Å². The molecule has 0 N–H and O–H groups in total. The van der Waals surface area contributed by atoms with Gasteiger partial charge in [0.1, 0.15) is 0 Å². The number of hydrogen-bond acceptors (Lipinski definition) is 4. The molecule has 3 aromatic rings. The van der Waals surface area contributed by atoms with Crippen molar-refractivity contribution < 1.29 is 9.21 Å². The van der Waals surface area contributed by atoms with Crippen LogP contribution in [0, 0.1) is 6.92 Å². The van der Waals surface area contributed by atoms with E-state index in [0.29, 0.717) is 24.7 Å². The molecule has 0 aliphatic heterocycles. The smallest absolute Gasteiger partial charge is 0.293 e. The second kappa shape index (κ2) is 7.99. The lowest BCUT2D eigenvalue weighted by Crippen LogP contribution is -2.33.